The Morgan fingerprint density at radius 3 is 1.90 bits per heavy atom. The standard InChI is InChI=1S/C24H37NO4/c1-3-4-5-6-7-8-9-10-11-19-12-14-20(15-13-19)18-25(2)21-16-24(17-21,22(26)27)23(28)29/h12-15,21H,3-11,16-18H2,1-2H3,(H,26,27)(H,28,29). The van der Waals surface area contributed by atoms with Gasteiger partial charge in [-0.05, 0) is 43.9 Å². The molecule has 162 valence electrons. The Morgan fingerprint density at radius 1 is 0.897 bits per heavy atom. The van der Waals surface area contributed by atoms with Crippen molar-refractivity contribution in [1.82, 2.24) is 4.90 Å². The van der Waals surface area contributed by atoms with Gasteiger partial charge in [0.2, 0.25) is 0 Å². The average molecular weight is 404 g/mol. The van der Waals surface area contributed by atoms with Gasteiger partial charge >= 0.3 is 11.9 Å². The summed E-state index contributed by atoms with van der Waals surface area (Å²) in [6.07, 6.45) is 12.1. The maximum atomic E-state index is 11.3. The molecule has 0 atom stereocenters. The predicted molar refractivity (Wildman–Crippen MR) is 115 cm³/mol. The van der Waals surface area contributed by atoms with E-state index in [2.05, 4.69) is 36.1 Å². The molecule has 1 aliphatic rings. The van der Waals surface area contributed by atoms with Crippen LogP contribution in [0.3, 0.4) is 0 Å². The van der Waals surface area contributed by atoms with Crippen molar-refractivity contribution >= 4 is 11.9 Å². The molecule has 2 N–H and O–H groups in total. The lowest BCUT2D eigenvalue weighted by molar-refractivity contribution is -0.176. The van der Waals surface area contributed by atoms with Gasteiger partial charge in [-0.1, -0.05) is 76.1 Å². The number of rotatable bonds is 14. The SMILES string of the molecule is CCCCCCCCCCc1ccc(CN(C)C2CC(C(=O)O)(C(=O)O)C2)cc1. The van der Waals surface area contributed by atoms with Crippen molar-refractivity contribution in [3.8, 4) is 0 Å². The summed E-state index contributed by atoms with van der Waals surface area (Å²) in [5.74, 6) is -2.44. The number of benzene rings is 1. The van der Waals surface area contributed by atoms with E-state index in [9.17, 15) is 19.8 Å². The topological polar surface area (TPSA) is 77.8 Å². The number of aliphatic carboxylic acids is 2. The van der Waals surface area contributed by atoms with Crippen LogP contribution in [0.25, 0.3) is 0 Å². The summed E-state index contributed by atoms with van der Waals surface area (Å²) in [5.41, 5.74) is 0.941. The monoisotopic (exact) mass is 403 g/mol. The van der Waals surface area contributed by atoms with E-state index in [-0.39, 0.29) is 18.9 Å². The fourth-order valence-electron chi connectivity index (χ4n) is 4.19. The molecule has 0 spiro atoms. The molecule has 5 heteroatoms. The fraction of sp³-hybridized carbons (Fsp3) is 0.667. The first-order valence-corrected chi connectivity index (χ1v) is 11.1. The lowest BCUT2D eigenvalue weighted by Gasteiger charge is -2.45. The number of carboxylic acids is 2. The first-order valence-electron chi connectivity index (χ1n) is 11.1. The van der Waals surface area contributed by atoms with Gasteiger partial charge in [0.25, 0.3) is 0 Å². The van der Waals surface area contributed by atoms with Crippen LogP contribution in [0.1, 0.15) is 82.3 Å². The van der Waals surface area contributed by atoms with Crippen molar-refractivity contribution in [3.63, 3.8) is 0 Å². The van der Waals surface area contributed by atoms with E-state index in [1.165, 1.54) is 62.5 Å². The maximum absolute atomic E-state index is 11.3. The Kier molecular flexibility index (Phi) is 9.15. The minimum Gasteiger partial charge on any atom is -0.480 e. The normalized spacial score (nSPS) is 16.0. The van der Waals surface area contributed by atoms with Gasteiger partial charge in [-0.2, -0.15) is 0 Å². The Labute approximate surface area is 175 Å². The molecule has 0 heterocycles. The van der Waals surface area contributed by atoms with Crippen LogP contribution >= 0.6 is 0 Å². The number of aryl methyl sites for hydroxylation is 1. The molecule has 1 aliphatic carbocycles. The Balaban J connectivity index is 1.67. The predicted octanol–water partition coefficient (Wildman–Crippen LogP) is 5.12. The minimum atomic E-state index is -1.60. The molecule has 0 unspecified atom stereocenters. The van der Waals surface area contributed by atoms with Crippen LogP contribution in [0.15, 0.2) is 24.3 Å². The summed E-state index contributed by atoms with van der Waals surface area (Å²) in [7, 11) is 1.94. The van der Waals surface area contributed by atoms with Crippen LogP contribution in [-0.2, 0) is 22.6 Å². The zero-order chi connectivity index (χ0) is 21.3. The molecular formula is C24H37NO4. The molecule has 29 heavy (non-hydrogen) atoms. The van der Waals surface area contributed by atoms with Crippen molar-refractivity contribution in [2.75, 3.05) is 7.05 Å². The Bertz CT molecular complexity index is 633. The summed E-state index contributed by atoms with van der Waals surface area (Å²) in [5, 5.41) is 18.5. The van der Waals surface area contributed by atoms with Crippen molar-refractivity contribution < 1.29 is 19.8 Å². The van der Waals surface area contributed by atoms with E-state index >= 15 is 0 Å². The zero-order valence-corrected chi connectivity index (χ0v) is 18.0. The Hall–Kier alpha value is -1.88. The van der Waals surface area contributed by atoms with Crippen LogP contribution in [-0.4, -0.2) is 40.1 Å². The Morgan fingerprint density at radius 2 is 1.38 bits per heavy atom. The quantitative estimate of drug-likeness (QED) is 0.333. The second kappa shape index (κ2) is 11.3. The van der Waals surface area contributed by atoms with E-state index in [1.807, 2.05) is 7.05 Å². The fourth-order valence-corrected chi connectivity index (χ4v) is 4.19. The summed E-state index contributed by atoms with van der Waals surface area (Å²) < 4.78 is 0. The van der Waals surface area contributed by atoms with Gasteiger partial charge in [-0.15, -0.1) is 0 Å². The summed E-state index contributed by atoms with van der Waals surface area (Å²) in [6.45, 7) is 2.96. The summed E-state index contributed by atoms with van der Waals surface area (Å²) in [4.78, 5) is 24.7. The van der Waals surface area contributed by atoms with Gasteiger partial charge < -0.3 is 10.2 Å². The number of nitrogens with zero attached hydrogens (tertiary/aromatic N) is 1. The molecule has 0 aromatic heterocycles. The second-order valence-electron chi connectivity index (χ2n) is 8.71. The highest BCUT2D eigenvalue weighted by molar-refractivity contribution is 5.99. The van der Waals surface area contributed by atoms with Gasteiger partial charge in [0.05, 0.1) is 0 Å². The van der Waals surface area contributed by atoms with Gasteiger partial charge in [-0.3, -0.25) is 14.5 Å². The van der Waals surface area contributed by atoms with Crippen LogP contribution in [0.5, 0.6) is 0 Å². The molecule has 5 nitrogen and oxygen atoms in total. The zero-order valence-electron chi connectivity index (χ0n) is 18.0. The first-order chi connectivity index (χ1) is 13.9. The first kappa shape index (κ1) is 23.4. The number of hydrogen-bond donors (Lipinski definition) is 2. The number of carboxylic acid groups (broad SMARTS) is 2. The van der Waals surface area contributed by atoms with Crippen LogP contribution in [0, 0.1) is 5.41 Å². The van der Waals surface area contributed by atoms with Gasteiger partial charge in [-0.25, -0.2) is 0 Å². The van der Waals surface area contributed by atoms with Gasteiger partial charge in [0, 0.05) is 12.6 Å². The molecule has 1 fully saturated rings. The van der Waals surface area contributed by atoms with E-state index in [4.69, 9.17) is 0 Å². The third kappa shape index (κ3) is 6.56. The molecule has 1 saturated carbocycles. The van der Waals surface area contributed by atoms with Gasteiger partial charge in [0.15, 0.2) is 5.41 Å². The third-order valence-electron chi connectivity index (χ3n) is 6.38. The highest BCUT2D eigenvalue weighted by atomic mass is 16.4. The van der Waals surface area contributed by atoms with Gasteiger partial charge in [0.1, 0.15) is 0 Å². The lowest BCUT2D eigenvalue weighted by atomic mass is 9.65. The molecule has 1 aromatic carbocycles. The molecular weight excluding hydrogens is 366 g/mol. The lowest BCUT2D eigenvalue weighted by Crippen LogP contribution is -2.57. The van der Waals surface area contributed by atoms with E-state index < -0.39 is 17.4 Å². The van der Waals surface area contributed by atoms with Crippen molar-refractivity contribution in [1.29, 1.82) is 0 Å². The third-order valence-corrected chi connectivity index (χ3v) is 6.38. The molecule has 0 saturated heterocycles. The molecule has 0 bridgehead atoms. The van der Waals surface area contributed by atoms with Crippen LogP contribution in [0.2, 0.25) is 0 Å². The van der Waals surface area contributed by atoms with E-state index in [0.717, 1.165) is 6.42 Å². The average Bonchev–Trinajstić information content (AvgIpc) is 2.63. The summed E-state index contributed by atoms with van der Waals surface area (Å²) >= 11 is 0. The highest BCUT2D eigenvalue weighted by Crippen LogP contribution is 2.44. The van der Waals surface area contributed by atoms with E-state index in [0.29, 0.717) is 6.54 Å². The second-order valence-corrected chi connectivity index (χ2v) is 8.71. The molecule has 2 rings (SSSR count). The number of carbonyl (C=O) groups is 2. The van der Waals surface area contributed by atoms with Crippen molar-refractivity contribution in [3.05, 3.63) is 35.4 Å². The van der Waals surface area contributed by atoms with Crippen LogP contribution < -0.4 is 0 Å². The number of hydrogen-bond acceptors (Lipinski definition) is 3. The molecule has 0 radical (unpaired) electrons. The van der Waals surface area contributed by atoms with Crippen molar-refractivity contribution in [2.45, 2.75) is 90.1 Å². The van der Waals surface area contributed by atoms with E-state index in [1.54, 1.807) is 0 Å². The number of unbranched alkanes of at least 4 members (excludes halogenated alkanes) is 7. The molecule has 0 aliphatic heterocycles. The maximum Gasteiger partial charge on any atom is 0.321 e. The summed E-state index contributed by atoms with van der Waals surface area (Å²) in [6, 6.07) is 8.64. The highest BCUT2D eigenvalue weighted by Gasteiger charge is 2.57. The van der Waals surface area contributed by atoms with Crippen molar-refractivity contribution in [2.24, 2.45) is 5.41 Å². The van der Waals surface area contributed by atoms with Crippen LogP contribution in [0.4, 0.5) is 0 Å². The largest absolute Gasteiger partial charge is 0.480 e. The molecule has 0 amide bonds. The smallest absolute Gasteiger partial charge is 0.321 e. The molecule has 1 aromatic rings. The minimum absolute atomic E-state index is 0.000738.